The number of carbonyl (C=O) groups excluding carboxylic acids is 3. The Labute approximate surface area is 325 Å². The number of pyridine rings is 1. The first-order chi connectivity index (χ1) is 26.4. The molecule has 0 aliphatic carbocycles. The zero-order valence-electron chi connectivity index (χ0n) is 32.9. The summed E-state index contributed by atoms with van der Waals surface area (Å²) < 4.78 is 18.0. The molecule has 55 heavy (non-hydrogen) atoms. The van der Waals surface area contributed by atoms with Gasteiger partial charge in [0.15, 0.2) is 6.29 Å². The van der Waals surface area contributed by atoms with Crippen LogP contribution in [0.2, 0.25) is 0 Å². The van der Waals surface area contributed by atoms with E-state index in [9.17, 15) is 14.4 Å². The number of aromatic nitrogens is 1. The Morgan fingerprint density at radius 1 is 0.891 bits per heavy atom. The number of amides is 4. The summed E-state index contributed by atoms with van der Waals surface area (Å²) in [6.07, 6.45) is 2.76. The number of carbonyl (C=O) groups is 3. The number of nitrogens with one attached hydrogen (secondary N) is 3. The number of nitrogens with zero attached hydrogens (tertiary/aromatic N) is 3. The van der Waals surface area contributed by atoms with Crippen molar-refractivity contribution in [1.82, 2.24) is 31.0 Å². The SMILES string of the molecule is C=CCN(CC(=O)N[C@@H](Cc1ccc(OC(C)(C)C)cc1)C(=O)N(Cc1cccc2cccnc12)[C@@H](C)C(OCC)OCC)NC(=O)NCc1ccccc1. The number of fused-ring (bicyclic) bond motifs is 1. The molecular formula is C43H56N6O6. The molecule has 12 heteroatoms. The Hall–Kier alpha value is -5.30. The highest BCUT2D eigenvalue weighted by Crippen LogP contribution is 2.23. The average molecular weight is 753 g/mol. The molecule has 294 valence electrons. The van der Waals surface area contributed by atoms with Crippen molar-refractivity contribution in [2.75, 3.05) is 26.3 Å². The van der Waals surface area contributed by atoms with Crippen molar-refractivity contribution >= 4 is 28.7 Å². The van der Waals surface area contributed by atoms with Gasteiger partial charge in [-0.05, 0) is 76.4 Å². The minimum Gasteiger partial charge on any atom is -0.488 e. The second kappa shape index (κ2) is 21.0. The zero-order valence-corrected chi connectivity index (χ0v) is 32.9. The molecule has 0 saturated heterocycles. The maximum Gasteiger partial charge on any atom is 0.329 e. The van der Waals surface area contributed by atoms with Crippen molar-refractivity contribution in [3.05, 3.63) is 120 Å². The lowest BCUT2D eigenvalue weighted by molar-refractivity contribution is -0.179. The lowest BCUT2D eigenvalue weighted by atomic mass is 10.0. The van der Waals surface area contributed by atoms with Crippen LogP contribution in [0.5, 0.6) is 5.75 Å². The number of urea groups is 1. The van der Waals surface area contributed by atoms with E-state index in [0.29, 0.717) is 25.5 Å². The summed E-state index contributed by atoms with van der Waals surface area (Å²) in [5.41, 5.74) is 5.69. The molecule has 3 aromatic carbocycles. The number of hydrazine groups is 1. The molecule has 0 spiro atoms. The maximum atomic E-state index is 15.0. The molecule has 1 aromatic heterocycles. The molecule has 4 amide bonds. The van der Waals surface area contributed by atoms with Crippen molar-refractivity contribution in [2.24, 2.45) is 0 Å². The van der Waals surface area contributed by atoms with Crippen LogP contribution >= 0.6 is 0 Å². The highest BCUT2D eigenvalue weighted by molar-refractivity contribution is 5.89. The van der Waals surface area contributed by atoms with Crippen LogP contribution < -0.4 is 20.8 Å². The number of benzene rings is 3. The summed E-state index contributed by atoms with van der Waals surface area (Å²) in [5.74, 6) is -0.117. The summed E-state index contributed by atoms with van der Waals surface area (Å²) in [6.45, 7) is 16.5. The van der Waals surface area contributed by atoms with Gasteiger partial charge in [0.05, 0.1) is 18.1 Å². The molecule has 0 aliphatic heterocycles. The van der Waals surface area contributed by atoms with Gasteiger partial charge in [-0.1, -0.05) is 72.8 Å². The van der Waals surface area contributed by atoms with Crippen molar-refractivity contribution in [3.63, 3.8) is 0 Å². The van der Waals surface area contributed by atoms with E-state index in [4.69, 9.17) is 14.2 Å². The summed E-state index contributed by atoms with van der Waals surface area (Å²) in [6, 6.07) is 24.7. The fourth-order valence-corrected chi connectivity index (χ4v) is 6.07. The highest BCUT2D eigenvalue weighted by Gasteiger charge is 2.34. The van der Waals surface area contributed by atoms with Crippen LogP contribution in [0.1, 0.15) is 58.2 Å². The van der Waals surface area contributed by atoms with Gasteiger partial charge in [0.25, 0.3) is 0 Å². The van der Waals surface area contributed by atoms with Crippen LogP contribution in [0.25, 0.3) is 10.9 Å². The van der Waals surface area contributed by atoms with Crippen LogP contribution in [-0.2, 0) is 38.6 Å². The molecule has 0 aliphatic rings. The van der Waals surface area contributed by atoms with Crippen molar-refractivity contribution < 1.29 is 28.6 Å². The van der Waals surface area contributed by atoms with Gasteiger partial charge in [-0.2, -0.15) is 0 Å². The first-order valence-electron chi connectivity index (χ1n) is 18.8. The van der Waals surface area contributed by atoms with Gasteiger partial charge < -0.3 is 29.7 Å². The Bertz CT molecular complexity index is 1820. The monoisotopic (exact) mass is 752 g/mol. The summed E-state index contributed by atoms with van der Waals surface area (Å²) in [7, 11) is 0. The second-order valence-electron chi connectivity index (χ2n) is 14.1. The van der Waals surface area contributed by atoms with Gasteiger partial charge in [-0.15, -0.1) is 6.58 Å². The second-order valence-corrected chi connectivity index (χ2v) is 14.1. The highest BCUT2D eigenvalue weighted by atomic mass is 16.7. The van der Waals surface area contributed by atoms with Gasteiger partial charge in [0, 0.05) is 50.9 Å². The fourth-order valence-electron chi connectivity index (χ4n) is 6.07. The van der Waals surface area contributed by atoms with E-state index in [0.717, 1.165) is 27.6 Å². The third-order valence-electron chi connectivity index (χ3n) is 8.55. The molecule has 4 aromatic rings. The van der Waals surface area contributed by atoms with Gasteiger partial charge >= 0.3 is 6.03 Å². The lowest BCUT2D eigenvalue weighted by Gasteiger charge is -2.37. The van der Waals surface area contributed by atoms with E-state index < -0.39 is 30.3 Å². The molecule has 0 saturated carbocycles. The van der Waals surface area contributed by atoms with Crippen LogP contribution in [-0.4, -0.2) is 83.0 Å². The zero-order chi connectivity index (χ0) is 39.8. The number of hydrogen-bond acceptors (Lipinski definition) is 8. The topological polar surface area (TPSA) is 134 Å². The maximum absolute atomic E-state index is 15.0. The molecule has 1 heterocycles. The first kappa shape index (κ1) is 42.4. The molecular weight excluding hydrogens is 697 g/mol. The Morgan fingerprint density at radius 3 is 2.24 bits per heavy atom. The van der Waals surface area contributed by atoms with Crippen molar-refractivity contribution in [2.45, 2.75) is 85.0 Å². The predicted molar refractivity (Wildman–Crippen MR) is 215 cm³/mol. The summed E-state index contributed by atoms with van der Waals surface area (Å²) in [5, 5.41) is 8.18. The molecule has 3 N–H and O–H groups in total. The molecule has 0 unspecified atom stereocenters. The smallest absolute Gasteiger partial charge is 0.329 e. The minimum atomic E-state index is -1.01. The number of hydrogen-bond donors (Lipinski definition) is 3. The van der Waals surface area contributed by atoms with E-state index in [2.05, 4.69) is 27.6 Å². The minimum absolute atomic E-state index is 0.178. The fraction of sp³-hybridized carbons (Fsp3) is 0.395. The van der Waals surface area contributed by atoms with Crippen molar-refractivity contribution in [3.8, 4) is 5.75 Å². The molecule has 0 radical (unpaired) electrons. The molecule has 12 nitrogen and oxygen atoms in total. The lowest BCUT2D eigenvalue weighted by Crippen LogP contribution is -2.57. The Kier molecular flexibility index (Phi) is 16.2. The van der Waals surface area contributed by atoms with Crippen LogP contribution in [0.3, 0.4) is 0 Å². The van der Waals surface area contributed by atoms with Gasteiger partial charge in [-0.3, -0.25) is 20.0 Å². The summed E-state index contributed by atoms with van der Waals surface area (Å²) >= 11 is 0. The first-order valence-corrected chi connectivity index (χ1v) is 18.8. The summed E-state index contributed by atoms with van der Waals surface area (Å²) in [4.78, 5) is 48.0. The Balaban J connectivity index is 1.64. The average Bonchev–Trinajstić information content (AvgIpc) is 3.16. The molecule has 0 bridgehead atoms. The van der Waals surface area contributed by atoms with Gasteiger partial charge in [-0.25, -0.2) is 9.80 Å². The van der Waals surface area contributed by atoms with Crippen LogP contribution in [0.15, 0.2) is 104 Å². The van der Waals surface area contributed by atoms with E-state index in [1.807, 2.05) is 126 Å². The van der Waals surface area contributed by atoms with E-state index in [-0.39, 0.29) is 37.6 Å². The Morgan fingerprint density at radius 2 is 1.58 bits per heavy atom. The van der Waals surface area contributed by atoms with E-state index >= 15 is 0 Å². The van der Waals surface area contributed by atoms with Gasteiger partial charge in [0.2, 0.25) is 11.8 Å². The number of rotatable bonds is 20. The van der Waals surface area contributed by atoms with Crippen molar-refractivity contribution in [1.29, 1.82) is 0 Å². The molecule has 4 rings (SSSR count). The van der Waals surface area contributed by atoms with E-state index in [1.165, 1.54) is 5.01 Å². The number of ether oxygens (including phenoxy) is 3. The third kappa shape index (κ3) is 13.5. The van der Waals surface area contributed by atoms with E-state index in [1.54, 1.807) is 17.2 Å². The van der Waals surface area contributed by atoms with Crippen LogP contribution in [0, 0.1) is 0 Å². The van der Waals surface area contributed by atoms with Gasteiger partial charge in [0.1, 0.15) is 17.4 Å². The largest absolute Gasteiger partial charge is 0.488 e. The molecule has 2 atom stereocenters. The number of para-hydroxylation sites is 1. The normalized spacial score (nSPS) is 12.6. The standard InChI is InChI=1S/C43H56N6O6/c1-8-26-48(47-42(52)45-28-33-16-12-11-13-17-33)30-38(50)46-37(27-32-21-23-36(24-22-32)55-43(5,6)7)40(51)49(31(4)41(53-9-2)54-10-3)29-35-19-14-18-34-20-15-25-44-39(34)35/h8,11-25,31,37,41H,1,9-10,26-30H2,2-7H3,(H,46,50)(H2,45,47,52)/t31-,37-/m0/s1. The quantitative estimate of drug-likeness (QED) is 0.0556. The third-order valence-corrected chi connectivity index (χ3v) is 8.55. The van der Waals surface area contributed by atoms with Crippen LogP contribution in [0.4, 0.5) is 4.79 Å². The molecule has 0 fully saturated rings. The predicted octanol–water partition coefficient (Wildman–Crippen LogP) is 6.16.